The second-order valence-electron chi connectivity index (χ2n) is 18.1. The van der Waals surface area contributed by atoms with E-state index in [0.29, 0.717) is 49.0 Å². The molecule has 3 rings (SSSR count). The number of unbranched alkanes of at least 4 members (excludes halogenated alkanes) is 20. The topological polar surface area (TPSA) is 141 Å². The quantitative estimate of drug-likeness (QED) is 0.0366. The van der Waals surface area contributed by atoms with Crippen LogP contribution in [0.4, 0.5) is 0 Å². The van der Waals surface area contributed by atoms with Crippen LogP contribution in [-0.4, -0.2) is 36.0 Å². The van der Waals surface area contributed by atoms with Crippen LogP contribution in [0.25, 0.3) is 0 Å². The Hall–Kier alpha value is -4.41. The van der Waals surface area contributed by atoms with Crippen molar-refractivity contribution >= 4 is 29.8 Å². The molecule has 2 atom stereocenters. The Balaban J connectivity index is 2.03. The third-order valence-corrected chi connectivity index (χ3v) is 12.0. The predicted molar refractivity (Wildman–Crippen MR) is 259 cm³/mol. The SMILES string of the molecule is CCCCCCCC(=O)Oc1cc(OC(=O)CCCCCCC)c2c(c1)OC(c1ccc(OC(=O)CCCCCCC)c(OC(=O)CCCCCCC)c1)C(OC(=O)CCCCCCC)C2. The van der Waals surface area contributed by atoms with Gasteiger partial charge in [0, 0.05) is 61.8 Å². The van der Waals surface area contributed by atoms with Crippen molar-refractivity contribution in [1.82, 2.24) is 0 Å². The van der Waals surface area contributed by atoms with Gasteiger partial charge >= 0.3 is 29.8 Å². The minimum atomic E-state index is -0.928. The lowest BCUT2D eigenvalue weighted by Crippen LogP contribution is -2.35. The van der Waals surface area contributed by atoms with E-state index in [0.717, 1.165) is 128 Å². The number of fused-ring (bicyclic) bond motifs is 1. The molecule has 11 nitrogen and oxygen atoms in total. The van der Waals surface area contributed by atoms with Crippen molar-refractivity contribution in [2.75, 3.05) is 0 Å². The third kappa shape index (κ3) is 22.4. The highest BCUT2D eigenvalue weighted by atomic mass is 16.6. The van der Waals surface area contributed by atoms with E-state index in [1.54, 1.807) is 30.3 Å². The molecule has 0 radical (unpaired) electrons. The standard InChI is InChI=1S/C55H84O11/c1-6-11-16-21-26-31-50(56)61-43-39-46(63-52(58)33-28-23-18-13-8-3)44-41-49(65-54(60)35-30-25-20-15-10-5)55(66-47(44)40-43)42-36-37-45(62-51(57)32-27-22-17-12-7-2)48(38-42)64-53(59)34-29-24-19-14-9-4/h36-40,49,55H,6-35,41H2,1-5H3. The average Bonchev–Trinajstić information content (AvgIpc) is 3.29. The normalized spacial score (nSPS) is 14.2. The molecule has 2 aromatic rings. The molecule has 370 valence electrons. The fourth-order valence-electron chi connectivity index (χ4n) is 8.12. The van der Waals surface area contributed by atoms with Crippen LogP contribution in [-0.2, 0) is 35.1 Å². The highest BCUT2D eigenvalue weighted by Gasteiger charge is 2.38. The molecular formula is C55H84O11. The summed E-state index contributed by atoms with van der Waals surface area (Å²) in [6, 6.07) is 8.08. The summed E-state index contributed by atoms with van der Waals surface area (Å²) in [6.07, 6.45) is 23.5. The van der Waals surface area contributed by atoms with Crippen molar-refractivity contribution < 1.29 is 52.4 Å². The monoisotopic (exact) mass is 921 g/mol. The first-order valence-electron chi connectivity index (χ1n) is 26.1. The van der Waals surface area contributed by atoms with Crippen LogP contribution in [0.5, 0.6) is 28.7 Å². The number of hydrogen-bond acceptors (Lipinski definition) is 11. The first kappa shape index (κ1) is 55.9. The number of carbonyl (C=O) groups excluding carboxylic acids is 5. The number of ether oxygens (including phenoxy) is 6. The van der Waals surface area contributed by atoms with Crippen LogP contribution in [0, 0.1) is 0 Å². The van der Waals surface area contributed by atoms with Crippen LogP contribution in [0.15, 0.2) is 30.3 Å². The van der Waals surface area contributed by atoms with Crippen molar-refractivity contribution in [2.45, 2.75) is 246 Å². The smallest absolute Gasteiger partial charge is 0.311 e. The Bertz CT molecular complexity index is 1740. The molecule has 1 heterocycles. The fourth-order valence-corrected chi connectivity index (χ4v) is 8.12. The first-order chi connectivity index (χ1) is 32.1. The van der Waals surface area contributed by atoms with Gasteiger partial charge in [0.15, 0.2) is 17.6 Å². The van der Waals surface area contributed by atoms with E-state index in [-0.39, 0.29) is 67.5 Å². The molecule has 0 amide bonds. The summed E-state index contributed by atoms with van der Waals surface area (Å²) >= 11 is 0. The molecule has 0 bridgehead atoms. The number of benzene rings is 2. The molecule has 1 aliphatic heterocycles. The van der Waals surface area contributed by atoms with E-state index in [1.165, 1.54) is 0 Å². The van der Waals surface area contributed by atoms with E-state index < -0.39 is 36.1 Å². The summed E-state index contributed by atoms with van der Waals surface area (Å²) in [7, 11) is 0. The predicted octanol–water partition coefficient (Wildman–Crippen LogP) is 14.7. The van der Waals surface area contributed by atoms with Crippen LogP contribution in [0.2, 0.25) is 0 Å². The largest absolute Gasteiger partial charge is 0.481 e. The highest BCUT2D eigenvalue weighted by Crippen LogP contribution is 2.45. The van der Waals surface area contributed by atoms with Crippen LogP contribution in [0.1, 0.15) is 244 Å². The third-order valence-electron chi connectivity index (χ3n) is 12.0. The molecule has 2 unspecified atom stereocenters. The second kappa shape index (κ2) is 34.0. The van der Waals surface area contributed by atoms with Gasteiger partial charge in [-0.3, -0.25) is 24.0 Å². The van der Waals surface area contributed by atoms with Crippen molar-refractivity contribution in [1.29, 1.82) is 0 Å². The summed E-state index contributed by atoms with van der Waals surface area (Å²) in [5.74, 6) is -1.24. The average molecular weight is 921 g/mol. The molecule has 11 heteroatoms. The maximum Gasteiger partial charge on any atom is 0.311 e. The molecule has 0 spiro atoms. The van der Waals surface area contributed by atoms with Gasteiger partial charge < -0.3 is 28.4 Å². The summed E-state index contributed by atoms with van der Waals surface area (Å²) in [4.78, 5) is 66.4. The molecule has 0 saturated carbocycles. The molecule has 0 fully saturated rings. The summed E-state index contributed by atoms with van der Waals surface area (Å²) in [5, 5.41) is 0. The van der Waals surface area contributed by atoms with E-state index in [9.17, 15) is 24.0 Å². The van der Waals surface area contributed by atoms with E-state index in [4.69, 9.17) is 28.4 Å². The van der Waals surface area contributed by atoms with E-state index >= 15 is 0 Å². The van der Waals surface area contributed by atoms with Gasteiger partial charge in [0.1, 0.15) is 23.4 Å². The van der Waals surface area contributed by atoms with Gasteiger partial charge in [-0.1, -0.05) is 169 Å². The lowest BCUT2D eigenvalue weighted by Gasteiger charge is -2.34. The first-order valence-corrected chi connectivity index (χ1v) is 26.1. The lowest BCUT2D eigenvalue weighted by atomic mass is 9.93. The zero-order valence-electron chi connectivity index (χ0n) is 41.5. The highest BCUT2D eigenvalue weighted by molar-refractivity contribution is 5.77. The lowest BCUT2D eigenvalue weighted by molar-refractivity contribution is -0.155. The number of carbonyl (C=O) groups is 5. The Labute approximate surface area is 397 Å². The van der Waals surface area contributed by atoms with Crippen LogP contribution >= 0.6 is 0 Å². The van der Waals surface area contributed by atoms with Gasteiger partial charge in [0.05, 0.1) is 0 Å². The summed E-state index contributed by atoms with van der Waals surface area (Å²) in [5.41, 5.74) is 1.01. The van der Waals surface area contributed by atoms with Crippen LogP contribution < -0.4 is 23.7 Å². The molecule has 2 aromatic carbocycles. The maximum atomic E-state index is 13.6. The number of hydrogen-bond donors (Lipinski definition) is 0. The van der Waals surface area contributed by atoms with Gasteiger partial charge in [-0.25, -0.2) is 0 Å². The van der Waals surface area contributed by atoms with E-state index in [2.05, 4.69) is 34.6 Å². The second-order valence-corrected chi connectivity index (χ2v) is 18.1. The van der Waals surface area contributed by atoms with Gasteiger partial charge in [0.2, 0.25) is 0 Å². The van der Waals surface area contributed by atoms with Crippen molar-refractivity contribution in [3.8, 4) is 28.7 Å². The van der Waals surface area contributed by atoms with Gasteiger partial charge in [-0.15, -0.1) is 0 Å². The summed E-state index contributed by atoms with van der Waals surface area (Å²) < 4.78 is 36.6. The van der Waals surface area contributed by atoms with Crippen molar-refractivity contribution in [3.05, 3.63) is 41.5 Å². The maximum absolute atomic E-state index is 13.6. The summed E-state index contributed by atoms with van der Waals surface area (Å²) in [6.45, 7) is 10.7. The van der Waals surface area contributed by atoms with Gasteiger partial charge in [-0.2, -0.15) is 0 Å². The molecule has 0 saturated heterocycles. The van der Waals surface area contributed by atoms with Crippen molar-refractivity contribution in [3.63, 3.8) is 0 Å². The zero-order chi connectivity index (χ0) is 47.8. The fraction of sp³-hybridized carbons (Fsp3) is 0.691. The number of esters is 5. The Morgan fingerprint density at radius 2 is 0.833 bits per heavy atom. The Morgan fingerprint density at radius 1 is 0.439 bits per heavy atom. The minimum Gasteiger partial charge on any atom is -0.481 e. The Kier molecular flexibility index (Phi) is 28.8. The van der Waals surface area contributed by atoms with Crippen molar-refractivity contribution in [2.24, 2.45) is 0 Å². The van der Waals surface area contributed by atoms with Gasteiger partial charge in [-0.05, 0) is 44.2 Å². The molecule has 0 aliphatic carbocycles. The molecule has 0 N–H and O–H groups in total. The minimum absolute atomic E-state index is 0.0657. The van der Waals surface area contributed by atoms with Gasteiger partial charge in [0.25, 0.3) is 0 Å². The molecule has 0 aromatic heterocycles. The molecule has 1 aliphatic rings. The zero-order valence-corrected chi connectivity index (χ0v) is 41.5. The van der Waals surface area contributed by atoms with Crippen LogP contribution in [0.3, 0.4) is 0 Å². The number of rotatable bonds is 36. The molecular weight excluding hydrogens is 837 g/mol. The van der Waals surface area contributed by atoms with E-state index in [1.807, 2.05) is 0 Å². The molecule has 66 heavy (non-hydrogen) atoms. The Morgan fingerprint density at radius 3 is 1.29 bits per heavy atom.